The average Bonchev–Trinajstić information content (AvgIpc) is 1.83. The van der Waals surface area contributed by atoms with E-state index < -0.39 is 0 Å². The number of nitriles is 1. The molecule has 1 heteroatoms. The minimum atomic E-state index is 0.739. The molecule has 0 saturated heterocycles. The van der Waals surface area contributed by atoms with Crippen LogP contribution in [0.15, 0.2) is 23.8 Å². The summed E-state index contributed by atoms with van der Waals surface area (Å²) >= 11 is 0. The summed E-state index contributed by atoms with van der Waals surface area (Å²) in [5, 5.41) is 8.21. The summed E-state index contributed by atoms with van der Waals surface area (Å²) in [5.41, 5.74) is 0.739. The smallest absolute Gasteiger partial charge is 0.0944 e. The molecule has 0 atom stereocenters. The zero-order chi connectivity index (χ0) is 6.41. The number of rotatable bonds is 1. The van der Waals surface area contributed by atoms with E-state index in [9.17, 15) is 0 Å². The number of nitrogens with zero attached hydrogens (tertiary/aromatic N) is 1. The predicted molar refractivity (Wildman–Crippen MR) is 34.2 cm³/mol. The molecular formula is C7H9N. The fraction of sp³-hybridized carbons (Fsp3) is 0.286. The maximum atomic E-state index is 8.21. The standard InChI is InChI=1S/C7H9N/c1-3-4-5-7(2)6-8/h3-5H,1-2H3. The number of allylic oxidation sites excluding steroid dienone is 4. The van der Waals surface area contributed by atoms with Crippen LogP contribution < -0.4 is 0 Å². The lowest BCUT2D eigenvalue weighted by Gasteiger charge is -1.74. The average molecular weight is 107 g/mol. The van der Waals surface area contributed by atoms with Gasteiger partial charge in [0.2, 0.25) is 0 Å². The maximum absolute atomic E-state index is 8.21. The van der Waals surface area contributed by atoms with Crippen molar-refractivity contribution in [3.63, 3.8) is 0 Å². The van der Waals surface area contributed by atoms with Gasteiger partial charge in [-0.3, -0.25) is 0 Å². The van der Waals surface area contributed by atoms with Gasteiger partial charge in [0.25, 0.3) is 0 Å². The Morgan fingerprint density at radius 3 is 2.62 bits per heavy atom. The third-order valence-electron chi connectivity index (χ3n) is 0.715. The first kappa shape index (κ1) is 6.97. The maximum Gasteiger partial charge on any atom is 0.0944 e. The summed E-state index contributed by atoms with van der Waals surface area (Å²) in [4.78, 5) is 0. The molecule has 0 aromatic rings. The van der Waals surface area contributed by atoms with Crippen LogP contribution in [0, 0.1) is 11.3 Å². The highest BCUT2D eigenvalue weighted by atomic mass is 14.2. The molecule has 0 aromatic heterocycles. The second-order valence-electron chi connectivity index (χ2n) is 1.49. The monoisotopic (exact) mass is 107 g/mol. The van der Waals surface area contributed by atoms with Crippen molar-refractivity contribution in [1.29, 1.82) is 5.26 Å². The topological polar surface area (TPSA) is 23.8 Å². The molecule has 1 nitrogen and oxygen atoms in total. The highest BCUT2D eigenvalue weighted by molar-refractivity contribution is 5.22. The van der Waals surface area contributed by atoms with Crippen molar-refractivity contribution in [3.05, 3.63) is 23.8 Å². The van der Waals surface area contributed by atoms with E-state index in [1.165, 1.54) is 0 Å². The molecule has 0 radical (unpaired) electrons. The predicted octanol–water partition coefficient (Wildman–Crippen LogP) is 2.03. The van der Waals surface area contributed by atoms with Crippen molar-refractivity contribution in [3.8, 4) is 6.07 Å². The van der Waals surface area contributed by atoms with Gasteiger partial charge in [0.1, 0.15) is 0 Å². The van der Waals surface area contributed by atoms with Crippen LogP contribution >= 0.6 is 0 Å². The minimum absolute atomic E-state index is 0.739. The first-order chi connectivity index (χ1) is 3.81. The Kier molecular flexibility index (Phi) is 3.60. The van der Waals surface area contributed by atoms with Crippen molar-refractivity contribution in [2.45, 2.75) is 13.8 Å². The largest absolute Gasteiger partial charge is 0.193 e. The third-order valence-corrected chi connectivity index (χ3v) is 0.715. The quantitative estimate of drug-likeness (QED) is 0.371. The molecule has 0 spiro atoms. The van der Waals surface area contributed by atoms with Gasteiger partial charge in [-0.15, -0.1) is 0 Å². The van der Waals surface area contributed by atoms with Gasteiger partial charge < -0.3 is 0 Å². The van der Waals surface area contributed by atoms with Crippen molar-refractivity contribution >= 4 is 0 Å². The zero-order valence-electron chi connectivity index (χ0n) is 5.18. The Balaban J connectivity index is 3.81. The van der Waals surface area contributed by atoms with Crippen LogP contribution in [0.2, 0.25) is 0 Å². The van der Waals surface area contributed by atoms with E-state index in [4.69, 9.17) is 5.26 Å². The van der Waals surface area contributed by atoms with Crippen LogP contribution in [0.5, 0.6) is 0 Å². The Morgan fingerprint density at radius 2 is 2.25 bits per heavy atom. The van der Waals surface area contributed by atoms with E-state index in [0.717, 1.165) is 5.57 Å². The summed E-state index contributed by atoms with van der Waals surface area (Å²) < 4.78 is 0. The summed E-state index contributed by atoms with van der Waals surface area (Å²) in [7, 11) is 0. The third kappa shape index (κ3) is 3.17. The first-order valence-corrected chi connectivity index (χ1v) is 2.51. The van der Waals surface area contributed by atoms with Crippen molar-refractivity contribution in [2.75, 3.05) is 0 Å². The van der Waals surface area contributed by atoms with Gasteiger partial charge in [-0.05, 0) is 19.9 Å². The molecule has 0 aromatic carbocycles. The van der Waals surface area contributed by atoms with Crippen LogP contribution in [0.3, 0.4) is 0 Å². The van der Waals surface area contributed by atoms with E-state index in [-0.39, 0.29) is 0 Å². The molecule has 0 aliphatic carbocycles. The van der Waals surface area contributed by atoms with E-state index in [2.05, 4.69) is 0 Å². The van der Waals surface area contributed by atoms with Crippen molar-refractivity contribution in [1.82, 2.24) is 0 Å². The SMILES string of the molecule is CC=CC=C(C)C#N. The molecule has 0 bridgehead atoms. The zero-order valence-corrected chi connectivity index (χ0v) is 5.18. The lowest BCUT2D eigenvalue weighted by molar-refractivity contribution is 1.44. The van der Waals surface area contributed by atoms with Gasteiger partial charge in [0.05, 0.1) is 6.07 Å². The molecule has 0 N–H and O–H groups in total. The fourth-order valence-electron chi connectivity index (χ4n) is 0.278. The summed E-state index contributed by atoms with van der Waals surface area (Å²) in [5.74, 6) is 0. The molecule has 0 heterocycles. The van der Waals surface area contributed by atoms with Gasteiger partial charge in [0.15, 0.2) is 0 Å². The molecule has 0 saturated carbocycles. The van der Waals surface area contributed by atoms with E-state index in [1.54, 1.807) is 13.0 Å². The molecule has 0 aliphatic rings. The fourth-order valence-corrected chi connectivity index (χ4v) is 0.278. The van der Waals surface area contributed by atoms with Crippen LogP contribution in [-0.4, -0.2) is 0 Å². The Hall–Kier alpha value is -1.03. The Labute approximate surface area is 49.9 Å². The van der Waals surface area contributed by atoms with Gasteiger partial charge in [-0.2, -0.15) is 5.26 Å². The highest BCUT2D eigenvalue weighted by Gasteiger charge is 1.74. The minimum Gasteiger partial charge on any atom is -0.193 e. The van der Waals surface area contributed by atoms with Crippen molar-refractivity contribution in [2.24, 2.45) is 0 Å². The first-order valence-electron chi connectivity index (χ1n) is 2.51. The second-order valence-corrected chi connectivity index (χ2v) is 1.49. The molecule has 0 unspecified atom stereocenters. The Bertz CT molecular complexity index is 146. The van der Waals surface area contributed by atoms with Crippen LogP contribution in [0.4, 0.5) is 0 Å². The van der Waals surface area contributed by atoms with Crippen molar-refractivity contribution < 1.29 is 0 Å². The number of hydrogen-bond donors (Lipinski definition) is 0. The highest BCUT2D eigenvalue weighted by Crippen LogP contribution is 1.87. The van der Waals surface area contributed by atoms with Gasteiger partial charge in [-0.25, -0.2) is 0 Å². The summed E-state index contributed by atoms with van der Waals surface area (Å²) in [6.07, 6.45) is 5.51. The van der Waals surface area contributed by atoms with E-state index in [1.807, 2.05) is 25.1 Å². The van der Waals surface area contributed by atoms with E-state index in [0.29, 0.717) is 0 Å². The van der Waals surface area contributed by atoms with Crippen LogP contribution in [0.1, 0.15) is 13.8 Å². The van der Waals surface area contributed by atoms with Crippen LogP contribution in [0.25, 0.3) is 0 Å². The van der Waals surface area contributed by atoms with Gasteiger partial charge in [-0.1, -0.05) is 12.2 Å². The molecule has 42 valence electrons. The van der Waals surface area contributed by atoms with Gasteiger partial charge >= 0.3 is 0 Å². The molecule has 0 rings (SSSR count). The van der Waals surface area contributed by atoms with E-state index >= 15 is 0 Å². The lowest BCUT2D eigenvalue weighted by atomic mass is 10.3. The summed E-state index contributed by atoms with van der Waals surface area (Å²) in [6, 6.07) is 2.01. The van der Waals surface area contributed by atoms with Crippen LogP contribution in [-0.2, 0) is 0 Å². The normalized spacial score (nSPS) is 11.9. The lowest BCUT2D eigenvalue weighted by Crippen LogP contribution is -1.61. The van der Waals surface area contributed by atoms with Gasteiger partial charge in [0, 0.05) is 5.57 Å². The molecule has 0 fully saturated rings. The number of hydrogen-bond acceptors (Lipinski definition) is 1. The molecule has 0 aliphatic heterocycles. The molecule has 0 amide bonds. The molecule has 8 heavy (non-hydrogen) atoms. The molecular weight excluding hydrogens is 98.1 g/mol. The summed E-state index contributed by atoms with van der Waals surface area (Å²) in [6.45, 7) is 3.70. The Morgan fingerprint density at radius 1 is 1.62 bits per heavy atom. The second kappa shape index (κ2) is 4.14.